The molecule has 0 aliphatic rings. The van der Waals surface area contributed by atoms with Crippen molar-refractivity contribution in [2.75, 3.05) is 5.32 Å². The van der Waals surface area contributed by atoms with Crippen LogP contribution in [0.1, 0.15) is 26.7 Å². The van der Waals surface area contributed by atoms with Gasteiger partial charge >= 0.3 is 5.97 Å². The molecule has 0 atom stereocenters. The normalized spacial score (nSPS) is 11.2. The van der Waals surface area contributed by atoms with E-state index in [9.17, 15) is 14.9 Å². The second-order valence-electron chi connectivity index (χ2n) is 4.94. The Kier molecular flexibility index (Phi) is 5.19. The maximum absolute atomic E-state index is 10.7. The van der Waals surface area contributed by atoms with E-state index in [1.807, 2.05) is 0 Å². The summed E-state index contributed by atoms with van der Waals surface area (Å²) in [5, 5.41) is 22.6. The number of benzene rings is 1. The SMILES string of the molecule is CC(C)(CCC(=O)O)Nc1c(Cl)cc([N+](=O)[O-])cc1Cl. The van der Waals surface area contributed by atoms with E-state index in [-0.39, 0.29) is 22.2 Å². The topological polar surface area (TPSA) is 92.5 Å². The first kappa shape index (κ1) is 16.5. The van der Waals surface area contributed by atoms with Gasteiger partial charge in [-0.25, -0.2) is 0 Å². The lowest BCUT2D eigenvalue weighted by atomic mass is 9.98. The molecule has 20 heavy (non-hydrogen) atoms. The van der Waals surface area contributed by atoms with Crippen LogP contribution >= 0.6 is 23.2 Å². The maximum atomic E-state index is 10.7. The smallest absolute Gasteiger partial charge is 0.303 e. The Balaban J connectivity index is 2.97. The number of carbonyl (C=O) groups is 1. The van der Waals surface area contributed by atoms with Crippen LogP contribution in [-0.4, -0.2) is 21.5 Å². The zero-order chi connectivity index (χ0) is 15.5. The predicted molar refractivity (Wildman–Crippen MR) is 77.7 cm³/mol. The first-order valence-electron chi connectivity index (χ1n) is 5.76. The molecule has 0 aliphatic carbocycles. The van der Waals surface area contributed by atoms with Crippen LogP contribution in [0.5, 0.6) is 0 Å². The van der Waals surface area contributed by atoms with Crippen LogP contribution in [0.15, 0.2) is 12.1 Å². The summed E-state index contributed by atoms with van der Waals surface area (Å²) in [6, 6.07) is 2.39. The molecule has 6 nitrogen and oxygen atoms in total. The van der Waals surface area contributed by atoms with Crippen LogP contribution < -0.4 is 5.32 Å². The first-order chi connectivity index (χ1) is 9.12. The molecule has 0 spiro atoms. The number of anilines is 1. The Morgan fingerprint density at radius 1 is 1.40 bits per heavy atom. The Morgan fingerprint density at radius 3 is 2.30 bits per heavy atom. The van der Waals surface area contributed by atoms with Crippen LogP contribution in [0.25, 0.3) is 0 Å². The standard InChI is InChI=1S/C12H14Cl2N2O4/c1-12(2,4-3-10(17)18)15-11-8(13)5-7(16(19)20)6-9(11)14/h5-6,15H,3-4H2,1-2H3,(H,17,18). The van der Waals surface area contributed by atoms with Gasteiger partial charge in [-0.15, -0.1) is 0 Å². The summed E-state index contributed by atoms with van der Waals surface area (Å²) in [4.78, 5) is 20.7. The molecule has 0 unspecified atom stereocenters. The van der Waals surface area contributed by atoms with Gasteiger partial charge in [-0.05, 0) is 20.3 Å². The molecule has 0 radical (unpaired) electrons. The van der Waals surface area contributed by atoms with Crippen molar-refractivity contribution >= 4 is 40.5 Å². The molecule has 8 heteroatoms. The second kappa shape index (κ2) is 6.28. The molecular weight excluding hydrogens is 307 g/mol. The minimum Gasteiger partial charge on any atom is -0.481 e. The van der Waals surface area contributed by atoms with Crippen molar-refractivity contribution in [1.82, 2.24) is 0 Å². The van der Waals surface area contributed by atoms with Gasteiger partial charge in [0, 0.05) is 24.1 Å². The lowest BCUT2D eigenvalue weighted by Gasteiger charge is -2.28. The fourth-order valence-corrected chi connectivity index (χ4v) is 2.17. The quantitative estimate of drug-likeness (QED) is 0.611. The van der Waals surface area contributed by atoms with E-state index in [1.54, 1.807) is 13.8 Å². The fraction of sp³-hybridized carbons (Fsp3) is 0.417. The molecule has 110 valence electrons. The number of carboxylic acids is 1. The number of carboxylic acid groups (broad SMARTS) is 1. The summed E-state index contributed by atoms with van der Waals surface area (Å²) in [6.07, 6.45) is 0.341. The van der Waals surface area contributed by atoms with Crippen LogP contribution in [0.4, 0.5) is 11.4 Å². The maximum Gasteiger partial charge on any atom is 0.303 e. The van der Waals surface area contributed by atoms with Crippen molar-refractivity contribution in [3.8, 4) is 0 Å². The molecule has 0 saturated carbocycles. The van der Waals surface area contributed by atoms with Gasteiger partial charge in [0.2, 0.25) is 0 Å². The highest BCUT2D eigenvalue weighted by Crippen LogP contribution is 2.36. The Bertz CT molecular complexity index is 523. The molecule has 0 saturated heterocycles. The van der Waals surface area contributed by atoms with Gasteiger partial charge in [-0.3, -0.25) is 14.9 Å². The third-order valence-electron chi connectivity index (χ3n) is 2.66. The van der Waals surface area contributed by atoms with Crippen LogP contribution in [0, 0.1) is 10.1 Å². The number of nitrogens with zero attached hydrogens (tertiary/aromatic N) is 1. The van der Waals surface area contributed by atoms with Crippen molar-refractivity contribution < 1.29 is 14.8 Å². The molecule has 0 heterocycles. The molecule has 0 bridgehead atoms. The minimum atomic E-state index is -0.902. The second-order valence-corrected chi connectivity index (χ2v) is 5.76. The molecule has 0 aliphatic heterocycles. The predicted octanol–water partition coefficient (Wildman–Crippen LogP) is 3.96. The summed E-state index contributed by atoms with van der Waals surface area (Å²) in [6.45, 7) is 3.59. The largest absolute Gasteiger partial charge is 0.481 e. The number of non-ortho nitro benzene ring substituents is 1. The zero-order valence-electron chi connectivity index (χ0n) is 10.9. The molecule has 2 N–H and O–H groups in total. The van der Waals surface area contributed by atoms with E-state index in [0.29, 0.717) is 12.1 Å². The third-order valence-corrected chi connectivity index (χ3v) is 3.26. The number of nitrogens with one attached hydrogen (secondary N) is 1. The van der Waals surface area contributed by atoms with Crippen molar-refractivity contribution in [2.24, 2.45) is 0 Å². The summed E-state index contributed by atoms with van der Waals surface area (Å²) >= 11 is 12.0. The lowest BCUT2D eigenvalue weighted by Crippen LogP contribution is -2.31. The van der Waals surface area contributed by atoms with E-state index in [4.69, 9.17) is 28.3 Å². The molecule has 1 rings (SSSR count). The van der Waals surface area contributed by atoms with Crippen molar-refractivity contribution in [2.45, 2.75) is 32.2 Å². The lowest BCUT2D eigenvalue weighted by molar-refractivity contribution is -0.384. The van der Waals surface area contributed by atoms with E-state index >= 15 is 0 Å². The number of aliphatic carboxylic acids is 1. The number of rotatable bonds is 6. The highest BCUT2D eigenvalue weighted by atomic mass is 35.5. The van der Waals surface area contributed by atoms with Crippen molar-refractivity contribution in [1.29, 1.82) is 0 Å². The van der Waals surface area contributed by atoms with Crippen LogP contribution in [0.3, 0.4) is 0 Å². The highest BCUT2D eigenvalue weighted by Gasteiger charge is 2.23. The first-order valence-corrected chi connectivity index (χ1v) is 6.51. The van der Waals surface area contributed by atoms with Gasteiger partial charge < -0.3 is 10.4 Å². The summed E-state index contributed by atoms with van der Waals surface area (Å²) < 4.78 is 0. The van der Waals surface area contributed by atoms with Gasteiger partial charge in [0.1, 0.15) is 0 Å². The van der Waals surface area contributed by atoms with E-state index in [0.717, 1.165) is 0 Å². The molecule has 0 amide bonds. The summed E-state index contributed by atoms with van der Waals surface area (Å²) in [5.74, 6) is -0.902. The Labute approximate surface area is 125 Å². The highest BCUT2D eigenvalue weighted by molar-refractivity contribution is 6.39. The van der Waals surface area contributed by atoms with Gasteiger partial charge in [0.15, 0.2) is 0 Å². The average Bonchev–Trinajstić information content (AvgIpc) is 2.31. The van der Waals surface area contributed by atoms with Gasteiger partial charge in [0.05, 0.1) is 20.7 Å². The average molecular weight is 321 g/mol. The van der Waals surface area contributed by atoms with E-state index < -0.39 is 16.4 Å². The Hall–Kier alpha value is -1.53. The van der Waals surface area contributed by atoms with Gasteiger partial charge in [-0.2, -0.15) is 0 Å². The fourth-order valence-electron chi connectivity index (χ4n) is 1.60. The number of hydrogen-bond donors (Lipinski definition) is 2. The Morgan fingerprint density at radius 2 is 1.90 bits per heavy atom. The van der Waals surface area contributed by atoms with Crippen molar-refractivity contribution in [3.05, 3.63) is 32.3 Å². The number of hydrogen-bond acceptors (Lipinski definition) is 4. The molecule has 1 aromatic rings. The summed E-state index contributed by atoms with van der Waals surface area (Å²) in [5.41, 5.74) is -0.412. The number of halogens is 2. The zero-order valence-corrected chi connectivity index (χ0v) is 12.5. The molecule has 0 aromatic heterocycles. The number of nitro groups is 1. The van der Waals surface area contributed by atoms with E-state index in [1.165, 1.54) is 12.1 Å². The van der Waals surface area contributed by atoms with Gasteiger partial charge in [-0.1, -0.05) is 23.2 Å². The van der Waals surface area contributed by atoms with Crippen LogP contribution in [0.2, 0.25) is 10.0 Å². The monoisotopic (exact) mass is 320 g/mol. The van der Waals surface area contributed by atoms with Gasteiger partial charge in [0.25, 0.3) is 5.69 Å². The summed E-state index contributed by atoms with van der Waals surface area (Å²) in [7, 11) is 0. The van der Waals surface area contributed by atoms with Crippen LogP contribution in [-0.2, 0) is 4.79 Å². The van der Waals surface area contributed by atoms with E-state index in [2.05, 4.69) is 5.32 Å². The molecule has 0 fully saturated rings. The molecular formula is C12H14Cl2N2O4. The third kappa shape index (κ3) is 4.54. The van der Waals surface area contributed by atoms with Crippen molar-refractivity contribution in [3.63, 3.8) is 0 Å². The minimum absolute atomic E-state index is 0.0117. The number of nitro benzene ring substituents is 1. The molecule has 1 aromatic carbocycles.